The number of imidazole rings is 1. The number of nitrogens with zero attached hydrogens (tertiary/aromatic N) is 2. The summed E-state index contributed by atoms with van der Waals surface area (Å²) in [6.45, 7) is 6.80. The van der Waals surface area contributed by atoms with Gasteiger partial charge in [0.1, 0.15) is 6.61 Å². The van der Waals surface area contributed by atoms with Crippen molar-refractivity contribution in [3.63, 3.8) is 0 Å². The summed E-state index contributed by atoms with van der Waals surface area (Å²) in [6, 6.07) is 15.4. The second-order valence-electron chi connectivity index (χ2n) is 8.20. The van der Waals surface area contributed by atoms with Gasteiger partial charge >= 0.3 is 0 Å². The van der Waals surface area contributed by atoms with E-state index in [1.807, 2.05) is 68.5 Å². The van der Waals surface area contributed by atoms with E-state index in [-0.39, 0.29) is 5.56 Å². The van der Waals surface area contributed by atoms with E-state index in [0.29, 0.717) is 39.2 Å². The normalized spacial score (nSPS) is 12.1. The highest BCUT2D eigenvalue weighted by Crippen LogP contribution is 2.35. The van der Waals surface area contributed by atoms with Gasteiger partial charge < -0.3 is 9.47 Å². The second kappa shape index (κ2) is 9.64. The van der Waals surface area contributed by atoms with E-state index in [1.165, 1.54) is 11.3 Å². The number of benzene rings is 3. The van der Waals surface area contributed by atoms with Gasteiger partial charge in [-0.15, -0.1) is 0 Å². The number of aryl methyl sites for hydroxylation is 2. The van der Waals surface area contributed by atoms with Gasteiger partial charge in [-0.1, -0.05) is 57.1 Å². The Labute approximate surface area is 219 Å². The number of ether oxygens (including phenoxy) is 2. The van der Waals surface area contributed by atoms with Crippen LogP contribution in [0.2, 0.25) is 5.02 Å². The van der Waals surface area contributed by atoms with E-state index in [1.54, 1.807) is 4.40 Å². The monoisotopic (exact) mass is 568 g/mol. The Hall–Kier alpha value is -2.87. The molecule has 5 rings (SSSR count). The molecule has 0 spiro atoms. The molecule has 0 radical (unpaired) electrons. The van der Waals surface area contributed by atoms with E-state index in [4.69, 9.17) is 21.1 Å². The Morgan fingerprint density at radius 1 is 1.09 bits per heavy atom. The minimum absolute atomic E-state index is 0.0836. The van der Waals surface area contributed by atoms with E-state index < -0.39 is 0 Å². The number of thiazole rings is 1. The largest absolute Gasteiger partial charge is 0.490 e. The molecule has 0 aliphatic carbocycles. The van der Waals surface area contributed by atoms with Crippen LogP contribution in [0, 0.1) is 13.8 Å². The molecule has 5 nitrogen and oxygen atoms in total. The van der Waals surface area contributed by atoms with Crippen molar-refractivity contribution in [1.29, 1.82) is 0 Å². The zero-order valence-electron chi connectivity index (χ0n) is 19.4. The average Bonchev–Trinajstić information content (AvgIpc) is 3.31. The third-order valence-electron chi connectivity index (χ3n) is 5.84. The molecule has 178 valence electrons. The van der Waals surface area contributed by atoms with Crippen molar-refractivity contribution in [2.45, 2.75) is 27.4 Å². The molecule has 2 heterocycles. The molecule has 0 amide bonds. The quantitative estimate of drug-likeness (QED) is 0.235. The third-order valence-corrected chi connectivity index (χ3v) is 7.87. The average molecular weight is 570 g/mol. The molecular weight excluding hydrogens is 548 g/mol. The summed E-state index contributed by atoms with van der Waals surface area (Å²) in [4.78, 5) is 18.7. The molecule has 0 saturated carbocycles. The van der Waals surface area contributed by atoms with Crippen molar-refractivity contribution < 1.29 is 9.47 Å². The number of hydrogen-bond donors (Lipinski definition) is 0. The molecule has 0 fully saturated rings. The molecule has 2 aromatic heterocycles. The van der Waals surface area contributed by atoms with Crippen LogP contribution < -0.4 is 19.6 Å². The molecule has 8 heteroatoms. The van der Waals surface area contributed by atoms with Gasteiger partial charge in [0.05, 0.1) is 22.2 Å². The molecule has 0 saturated heterocycles. The number of halogens is 2. The smallest absolute Gasteiger partial charge is 0.274 e. The Kier molecular flexibility index (Phi) is 6.57. The van der Waals surface area contributed by atoms with E-state index in [9.17, 15) is 4.79 Å². The van der Waals surface area contributed by atoms with Crippen LogP contribution in [-0.4, -0.2) is 16.0 Å². The van der Waals surface area contributed by atoms with Crippen molar-refractivity contribution in [3.8, 4) is 11.5 Å². The molecule has 0 unspecified atom stereocenters. The van der Waals surface area contributed by atoms with Crippen molar-refractivity contribution in [2.24, 2.45) is 0 Å². The van der Waals surface area contributed by atoms with Crippen LogP contribution in [0.3, 0.4) is 0 Å². The number of hydrogen-bond acceptors (Lipinski definition) is 5. The first-order valence-electron chi connectivity index (χ1n) is 11.1. The minimum Gasteiger partial charge on any atom is -0.490 e. The van der Waals surface area contributed by atoms with Crippen LogP contribution in [0.1, 0.15) is 29.2 Å². The fourth-order valence-corrected chi connectivity index (χ4v) is 5.48. The lowest BCUT2D eigenvalue weighted by Gasteiger charge is -2.14. The summed E-state index contributed by atoms with van der Waals surface area (Å²) in [5.41, 5.74) is 5.58. The fraction of sp³-hybridized carbons (Fsp3) is 0.185. The molecule has 0 bridgehead atoms. The van der Waals surface area contributed by atoms with Gasteiger partial charge in [0.2, 0.25) is 0 Å². The zero-order valence-corrected chi connectivity index (χ0v) is 22.6. The van der Waals surface area contributed by atoms with Gasteiger partial charge in [-0.3, -0.25) is 4.79 Å². The molecule has 0 aliphatic heterocycles. The highest BCUT2D eigenvalue weighted by Gasteiger charge is 2.15. The fourth-order valence-electron chi connectivity index (χ4n) is 3.87. The van der Waals surface area contributed by atoms with E-state index in [0.717, 1.165) is 37.8 Å². The Balaban J connectivity index is 1.55. The van der Waals surface area contributed by atoms with Gasteiger partial charge in [0, 0.05) is 15.1 Å². The first-order valence-corrected chi connectivity index (χ1v) is 13.1. The van der Waals surface area contributed by atoms with Gasteiger partial charge in [-0.2, -0.15) is 0 Å². The number of fused-ring (bicyclic) bond motifs is 3. The molecular formula is C27H22BrClN2O3S. The van der Waals surface area contributed by atoms with Gasteiger partial charge in [0.25, 0.3) is 5.56 Å². The Morgan fingerprint density at radius 3 is 2.60 bits per heavy atom. The Bertz CT molecular complexity index is 1690. The molecule has 0 N–H and O–H groups in total. The van der Waals surface area contributed by atoms with Crippen LogP contribution >= 0.6 is 38.9 Å². The maximum absolute atomic E-state index is 13.3. The number of rotatable bonds is 6. The zero-order chi connectivity index (χ0) is 24.7. The van der Waals surface area contributed by atoms with Crippen LogP contribution in [0.25, 0.3) is 22.1 Å². The van der Waals surface area contributed by atoms with Crippen LogP contribution in [0.4, 0.5) is 0 Å². The Morgan fingerprint density at radius 2 is 1.83 bits per heavy atom. The summed E-state index contributed by atoms with van der Waals surface area (Å²) in [5.74, 6) is 1.19. The molecule has 5 aromatic rings. The summed E-state index contributed by atoms with van der Waals surface area (Å²) in [6.07, 6.45) is 1.86. The van der Waals surface area contributed by atoms with Crippen LogP contribution in [0.15, 0.2) is 57.8 Å². The molecule has 35 heavy (non-hydrogen) atoms. The van der Waals surface area contributed by atoms with Gasteiger partial charge in [-0.25, -0.2) is 9.38 Å². The van der Waals surface area contributed by atoms with E-state index >= 15 is 0 Å². The summed E-state index contributed by atoms with van der Waals surface area (Å²) in [7, 11) is 0. The third kappa shape index (κ3) is 4.56. The predicted octanol–water partition coefficient (Wildman–Crippen LogP) is 6.47. The van der Waals surface area contributed by atoms with Crippen LogP contribution in [0.5, 0.6) is 11.5 Å². The van der Waals surface area contributed by atoms with Crippen LogP contribution in [-0.2, 0) is 6.61 Å². The van der Waals surface area contributed by atoms with Gasteiger partial charge in [-0.05, 0) is 73.9 Å². The van der Waals surface area contributed by atoms with Crippen molar-refractivity contribution in [3.05, 3.63) is 95.2 Å². The lowest BCUT2D eigenvalue weighted by atomic mass is 10.1. The lowest BCUT2D eigenvalue weighted by Crippen LogP contribution is -2.22. The number of aromatic nitrogens is 2. The molecule has 3 aromatic carbocycles. The predicted molar refractivity (Wildman–Crippen MR) is 146 cm³/mol. The van der Waals surface area contributed by atoms with Crippen molar-refractivity contribution in [2.75, 3.05) is 6.61 Å². The highest BCUT2D eigenvalue weighted by molar-refractivity contribution is 9.10. The highest BCUT2D eigenvalue weighted by atomic mass is 79.9. The SMILES string of the molecule is CCOc1cc(/C=c2\sc3nc4cc(C)c(C)cc4n3c2=O)c(Br)cc1OCc1ccccc1Cl. The topological polar surface area (TPSA) is 52.8 Å². The first kappa shape index (κ1) is 23.9. The maximum atomic E-state index is 13.3. The minimum atomic E-state index is -0.0836. The second-order valence-corrected chi connectivity index (χ2v) is 10.5. The molecule has 0 aliphatic rings. The lowest BCUT2D eigenvalue weighted by molar-refractivity contribution is 0.269. The van der Waals surface area contributed by atoms with Gasteiger partial charge in [0.15, 0.2) is 16.5 Å². The van der Waals surface area contributed by atoms with E-state index in [2.05, 4.69) is 27.8 Å². The summed E-state index contributed by atoms with van der Waals surface area (Å²) >= 11 is 11.3. The standard InChI is InChI=1S/C27H22BrClN2O3S/c1-4-33-23-11-18(19(28)13-24(23)34-14-17-7-5-6-8-20(17)29)12-25-26(32)31-22-10-16(3)15(2)9-21(22)30-27(31)35-25/h5-13H,4,14H2,1-3H3/b25-12-. The maximum Gasteiger partial charge on any atom is 0.274 e. The summed E-state index contributed by atoms with van der Waals surface area (Å²) < 4.78 is 15.0. The first-order chi connectivity index (χ1) is 16.9. The van der Waals surface area contributed by atoms with Crippen molar-refractivity contribution >= 4 is 60.9 Å². The summed E-state index contributed by atoms with van der Waals surface area (Å²) in [5, 5.41) is 0.651. The molecule has 0 atom stereocenters. The van der Waals surface area contributed by atoms with Crippen molar-refractivity contribution in [1.82, 2.24) is 9.38 Å².